The average Bonchev–Trinajstić information content (AvgIpc) is 2.43. The summed E-state index contributed by atoms with van der Waals surface area (Å²) in [5, 5.41) is 3.24. The molecule has 0 fully saturated rings. The first kappa shape index (κ1) is 15.4. The van der Waals surface area contributed by atoms with Crippen molar-refractivity contribution in [1.29, 1.82) is 0 Å². The van der Waals surface area contributed by atoms with Crippen molar-refractivity contribution >= 4 is 22.6 Å². The molecule has 0 aliphatic carbocycles. The molecule has 4 heteroatoms. The molecular weight excluding hydrogens is 371 g/mol. The largest absolute Gasteiger partial charge is 0.306 e. The van der Waals surface area contributed by atoms with Gasteiger partial charge >= 0.3 is 0 Å². The first-order valence-corrected chi connectivity index (χ1v) is 7.55. The van der Waals surface area contributed by atoms with Gasteiger partial charge in [-0.3, -0.25) is 0 Å². The third kappa shape index (κ3) is 3.17. The van der Waals surface area contributed by atoms with Crippen LogP contribution in [0.4, 0.5) is 8.78 Å². The molecule has 20 heavy (non-hydrogen) atoms. The average molecular weight is 387 g/mol. The van der Waals surface area contributed by atoms with E-state index in [2.05, 4.69) is 27.9 Å². The van der Waals surface area contributed by atoms with E-state index in [1.54, 1.807) is 0 Å². The van der Waals surface area contributed by atoms with E-state index in [4.69, 9.17) is 0 Å². The van der Waals surface area contributed by atoms with E-state index in [0.717, 1.165) is 20.8 Å². The Morgan fingerprint density at radius 2 is 1.90 bits per heavy atom. The fraction of sp³-hybridized carbons (Fsp3) is 0.250. The van der Waals surface area contributed by atoms with Gasteiger partial charge in [0.1, 0.15) is 11.6 Å². The van der Waals surface area contributed by atoms with Crippen LogP contribution in [0.25, 0.3) is 0 Å². The normalized spacial score (nSPS) is 12.4. The van der Waals surface area contributed by atoms with Crippen molar-refractivity contribution in [2.24, 2.45) is 0 Å². The molecule has 2 rings (SSSR count). The van der Waals surface area contributed by atoms with Gasteiger partial charge in [-0.1, -0.05) is 25.1 Å². The highest BCUT2D eigenvalue weighted by Crippen LogP contribution is 2.30. The van der Waals surface area contributed by atoms with Crippen LogP contribution in [0.1, 0.15) is 29.7 Å². The minimum absolute atomic E-state index is 0.343. The van der Waals surface area contributed by atoms with E-state index < -0.39 is 11.6 Å². The SMILES string of the molecule is CCNC(c1cc(F)ccc1F)c1cccc(C)c1I. The number of rotatable bonds is 4. The summed E-state index contributed by atoms with van der Waals surface area (Å²) >= 11 is 2.25. The Bertz CT molecular complexity index is 611. The van der Waals surface area contributed by atoms with Gasteiger partial charge in [-0.25, -0.2) is 8.78 Å². The minimum atomic E-state index is -0.424. The topological polar surface area (TPSA) is 12.0 Å². The van der Waals surface area contributed by atoms with Crippen molar-refractivity contribution in [3.63, 3.8) is 0 Å². The standard InChI is InChI=1S/C16H16F2IN/c1-3-20-16(12-6-4-5-10(2)15(12)19)13-9-11(17)7-8-14(13)18/h4-9,16,20H,3H2,1-2H3. The van der Waals surface area contributed by atoms with E-state index >= 15 is 0 Å². The summed E-state index contributed by atoms with van der Waals surface area (Å²) in [4.78, 5) is 0. The molecule has 2 aromatic rings. The van der Waals surface area contributed by atoms with Gasteiger partial charge in [-0.15, -0.1) is 0 Å². The molecule has 0 bridgehead atoms. The Kier molecular flexibility index (Phi) is 5.10. The Morgan fingerprint density at radius 3 is 2.60 bits per heavy atom. The molecule has 106 valence electrons. The highest BCUT2D eigenvalue weighted by Gasteiger charge is 2.20. The summed E-state index contributed by atoms with van der Waals surface area (Å²) in [6.45, 7) is 4.63. The second-order valence-electron chi connectivity index (χ2n) is 4.63. The molecule has 0 spiro atoms. The number of benzene rings is 2. The Balaban J connectivity index is 2.56. The number of halogens is 3. The van der Waals surface area contributed by atoms with Gasteiger partial charge in [-0.05, 0) is 65.4 Å². The predicted molar refractivity (Wildman–Crippen MR) is 85.8 cm³/mol. The highest BCUT2D eigenvalue weighted by molar-refractivity contribution is 14.1. The third-order valence-corrected chi connectivity index (χ3v) is 4.68. The molecule has 2 aromatic carbocycles. The fourth-order valence-electron chi connectivity index (χ4n) is 2.22. The summed E-state index contributed by atoms with van der Waals surface area (Å²) in [6.07, 6.45) is 0. The molecule has 1 nitrogen and oxygen atoms in total. The molecule has 0 radical (unpaired) electrons. The number of aryl methyl sites for hydroxylation is 1. The van der Waals surface area contributed by atoms with Crippen molar-refractivity contribution in [3.8, 4) is 0 Å². The zero-order chi connectivity index (χ0) is 14.7. The summed E-state index contributed by atoms with van der Waals surface area (Å²) in [5.74, 6) is -0.818. The van der Waals surface area contributed by atoms with Gasteiger partial charge in [0.2, 0.25) is 0 Å². The lowest BCUT2D eigenvalue weighted by molar-refractivity contribution is 0.544. The van der Waals surface area contributed by atoms with E-state index in [1.807, 2.05) is 32.0 Å². The smallest absolute Gasteiger partial charge is 0.128 e. The zero-order valence-corrected chi connectivity index (χ0v) is 13.5. The Labute approximate surface area is 131 Å². The maximum absolute atomic E-state index is 14.1. The van der Waals surface area contributed by atoms with Crippen LogP contribution in [0.15, 0.2) is 36.4 Å². The maximum atomic E-state index is 14.1. The summed E-state index contributed by atoms with van der Waals surface area (Å²) in [7, 11) is 0. The van der Waals surface area contributed by atoms with E-state index in [9.17, 15) is 8.78 Å². The Morgan fingerprint density at radius 1 is 1.15 bits per heavy atom. The molecule has 1 unspecified atom stereocenters. The number of hydrogen-bond donors (Lipinski definition) is 1. The molecule has 0 amide bonds. The van der Waals surface area contributed by atoms with Crippen LogP contribution >= 0.6 is 22.6 Å². The molecule has 0 aromatic heterocycles. The van der Waals surface area contributed by atoms with Crippen LogP contribution in [0.3, 0.4) is 0 Å². The van der Waals surface area contributed by atoms with Crippen molar-refractivity contribution in [2.45, 2.75) is 19.9 Å². The van der Waals surface area contributed by atoms with Gasteiger partial charge in [0.05, 0.1) is 6.04 Å². The molecule has 0 aliphatic heterocycles. The lowest BCUT2D eigenvalue weighted by Gasteiger charge is -2.21. The van der Waals surface area contributed by atoms with Gasteiger partial charge in [0.25, 0.3) is 0 Å². The molecule has 1 N–H and O–H groups in total. The number of hydrogen-bond acceptors (Lipinski definition) is 1. The van der Waals surface area contributed by atoms with E-state index in [-0.39, 0.29) is 6.04 Å². The monoisotopic (exact) mass is 387 g/mol. The molecule has 0 saturated carbocycles. The second kappa shape index (κ2) is 6.63. The Hall–Kier alpha value is -1.01. The number of nitrogens with one attached hydrogen (secondary N) is 1. The predicted octanol–water partition coefficient (Wildman–Crippen LogP) is 4.58. The zero-order valence-electron chi connectivity index (χ0n) is 11.4. The first-order chi connectivity index (χ1) is 9.54. The minimum Gasteiger partial charge on any atom is -0.306 e. The summed E-state index contributed by atoms with van der Waals surface area (Å²) < 4.78 is 28.6. The summed E-state index contributed by atoms with van der Waals surface area (Å²) in [6, 6.07) is 9.14. The van der Waals surface area contributed by atoms with Gasteiger partial charge in [-0.2, -0.15) is 0 Å². The molecule has 1 atom stereocenters. The lowest BCUT2D eigenvalue weighted by atomic mass is 9.96. The van der Waals surface area contributed by atoms with Crippen LogP contribution in [0.5, 0.6) is 0 Å². The van der Waals surface area contributed by atoms with Crippen LogP contribution in [0, 0.1) is 22.1 Å². The van der Waals surface area contributed by atoms with Crippen molar-refractivity contribution < 1.29 is 8.78 Å². The van der Waals surface area contributed by atoms with Gasteiger partial charge in [0.15, 0.2) is 0 Å². The van der Waals surface area contributed by atoms with Crippen molar-refractivity contribution in [1.82, 2.24) is 5.32 Å². The lowest BCUT2D eigenvalue weighted by Crippen LogP contribution is -2.24. The fourth-order valence-corrected chi connectivity index (χ4v) is 2.89. The van der Waals surface area contributed by atoms with Gasteiger partial charge in [0, 0.05) is 9.13 Å². The van der Waals surface area contributed by atoms with Crippen molar-refractivity contribution in [3.05, 3.63) is 68.3 Å². The van der Waals surface area contributed by atoms with Crippen LogP contribution < -0.4 is 5.32 Å². The molecule has 0 heterocycles. The highest BCUT2D eigenvalue weighted by atomic mass is 127. The first-order valence-electron chi connectivity index (χ1n) is 6.48. The second-order valence-corrected chi connectivity index (χ2v) is 5.71. The van der Waals surface area contributed by atoms with E-state index in [0.29, 0.717) is 12.1 Å². The van der Waals surface area contributed by atoms with Gasteiger partial charge < -0.3 is 5.32 Å². The summed E-state index contributed by atoms with van der Waals surface area (Å²) in [5.41, 5.74) is 2.44. The molecule has 0 saturated heterocycles. The van der Waals surface area contributed by atoms with Crippen LogP contribution in [0.2, 0.25) is 0 Å². The molecular formula is C16H16F2IN. The third-order valence-electron chi connectivity index (χ3n) is 3.21. The molecule has 0 aliphatic rings. The van der Waals surface area contributed by atoms with E-state index in [1.165, 1.54) is 12.1 Å². The maximum Gasteiger partial charge on any atom is 0.128 e. The van der Waals surface area contributed by atoms with Crippen molar-refractivity contribution in [2.75, 3.05) is 6.54 Å². The quantitative estimate of drug-likeness (QED) is 0.758. The van der Waals surface area contributed by atoms with Crippen LogP contribution in [-0.4, -0.2) is 6.54 Å². The van der Waals surface area contributed by atoms with Crippen LogP contribution in [-0.2, 0) is 0 Å².